The van der Waals surface area contributed by atoms with E-state index in [4.69, 9.17) is 0 Å². The van der Waals surface area contributed by atoms with Crippen LogP contribution in [0.3, 0.4) is 0 Å². The molecule has 28 heavy (non-hydrogen) atoms. The third-order valence-electron chi connectivity index (χ3n) is 4.76. The summed E-state index contributed by atoms with van der Waals surface area (Å²) >= 11 is 0. The van der Waals surface area contributed by atoms with Gasteiger partial charge in [-0.2, -0.15) is 0 Å². The van der Waals surface area contributed by atoms with E-state index >= 15 is 0 Å². The number of pyridine rings is 1. The van der Waals surface area contributed by atoms with E-state index in [9.17, 15) is 4.79 Å². The van der Waals surface area contributed by atoms with Crippen molar-refractivity contribution in [3.63, 3.8) is 0 Å². The summed E-state index contributed by atoms with van der Waals surface area (Å²) in [6, 6.07) is 12.0. The first-order chi connectivity index (χ1) is 13.4. The summed E-state index contributed by atoms with van der Waals surface area (Å²) in [5.74, 6) is 0.657. The fraction of sp³-hybridized carbons (Fsp3) is 0.227. The lowest BCUT2D eigenvalue weighted by Crippen LogP contribution is -2.23. The molecule has 0 fully saturated rings. The minimum Gasteiger partial charge on any atom is -0.351 e. The van der Waals surface area contributed by atoms with Crippen molar-refractivity contribution in [1.29, 1.82) is 0 Å². The molecular formula is C22H23N5O. The zero-order valence-corrected chi connectivity index (χ0v) is 16.2. The average molecular weight is 373 g/mol. The van der Waals surface area contributed by atoms with E-state index in [0.29, 0.717) is 12.2 Å². The van der Waals surface area contributed by atoms with Gasteiger partial charge in [0.15, 0.2) is 0 Å². The van der Waals surface area contributed by atoms with Crippen LogP contribution in [-0.2, 0) is 12.0 Å². The molecule has 0 bridgehead atoms. The fourth-order valence-corrected chi connectivity index (χ4v) is 3.06. The van der Waals surface area contributed by atoms with Crippen molar-refractivity contribution in [1.82, 2.24) is 24.8 Å². The standard InChI is InChI=1S/C22H23N5O/c1-22(2,3)17-6-5-16-10-19(26-18(16)11-17)21(28)25-13-15-4-7-20(24-12-15)27-9-8-23-14-27/h4-12,14,26H,13H2,1-3H3,(H,25,28). The van der Waals surface area contributed by atoms with E-state index in [1.807, 2.05) is 29.0 Å². The molecule has 0 atom stereocenters. The van der Waals surface area contributed by atoms with Crippen LogP contribution in [0.25, 0.3) is 16.7 Å². The summed E-state index contributed by atoms with van der Waals surface area (Å²) < 4.78 is 1.83. The number of aromatic nitrogens is 4. The zero-order chi connectivity index (χ0) is 19.7. The van der Waals surface area contributed by atoms with Gasteiger partial charge >= 0.3 is 0 Å². The van der Waals surface area contributed by atoms with Crippen LogP contribution in [0.15, 0.2) is 61.3 Å². The molecule has 142 valence electrons. The molecule has 1 aromatic carbocycles. The van der Waals surface area contributed by atoms with Crippen molar-refractivity contribution < 1.29 is 4.79 Å². The van der Waals surface area contributed by atoms with Gasteiger partial charge in [0, 0.05) is 36.0 Å². The second-order valence-corrected chi connectivity index (χ2v) is 7.91. The molecule has 0 radical (unpaired) electrons. The summed E-state index contributed by atoms with van der Waals surface area (Å²) in [6.07, 6.45) is 7.01. The number of imidazole rings is 1. The molecule has 0 saturated carbocycles. The lowest BCUT2D eigenvalue weighted by molar-refractivity contribution is 0.0946. The van der Waals surface area contributed by atoms with Gasteiger partial charge in [0.1, 0.15) is 17.8 Å². The Morgan fingerprint density at radius 3 is 2.71 bits per heavy atom. The highest BCUT2D eigenvalue weighted by molar-refractivity contribution is 5.98. The van der Waals surface area contributed by atoms with Crippen LogP contribution < -0.4 is 5.32 Å². The molecule has 0 unspecified atom stereocenters. The number of rotatable bonds is 4. The largest absolute Gasteiger partial charge is 0.351 e. The zero-order valence-electron chi connectivity index (χ0n) is 16.2. The molecule has 3 heterocycles. The van der Waals surface area contributed by atoms with Gasteiger partial charge in [-0.05, 0) is 34.7 Å². The molecule has 1 amide bonds. The lowest BCUT2D eigenvalue weighted by atomic mass is 9.87. The molecular weight excluding hydrogens is 350 g/mol. The van der Waals surface area contributed by atoms with Gasteiger partial charge in [0.25, 0.3) is 5.91 Å². The van der Waals surface area contributed by atoms with Gasteiger partial charge < -0.3 is 10.3 Å². The Hall–Kier alpha value is -3.41. The first-order valence-corrected chi connectivity index (χ1v) is 9.25. The van der Waals surface area contributed by atoms with E-state index in [2.05, 4.69) is 59.2 Å². The maximum atomic E-state index is 12.5. The van der Waals surface area contributed by atoms with E-state index in [0.717, 1.165) is 22.3 Å². The molecule has 6 heteroatoms. The van der Waals surface area contributed by atoms with Crippen molar-refractivity contribution in [2.75, 3.05) is 0 Å². The summed E-state index contributed by atoms with van der Waals surface area (Å²) in [5.41, 5.74) is 3.77. The molecule has 0 saturated heterocycles. The summed E-state index contributed by atoms with van der Waals surface area (Å²) in [4.78, 5) is 24.2. The average Bonchev–Trinajstić information content (AvgIpc) is 3.35. The van der Waals surface area contributed by atoms with Gasteiger partial charge in [-0.3, -0.25) is 9.36 Å². The number of H-pyrrole nitrogens is 1. The van der Waals surface area contributed by atoms with Crippen LogP contribution in [0.2, 0.25) is 0 Å². The maximum absolute atomic E-state index is 12.5. The number of amides is 1. The fourth-order valence-electron chi connectivity index (χ4n) is 3.06. The lowest BCUT2D eigenvalue weighted by Gasteiger charge is -2.18. The Bertz CT molecular complexity index is 1100. The number of fused-ring (bicyclic) bond motifs is 1. The Morgan fingerprint density at radius 2 is 2.04 bits per heavy atom. The number of carbonyl (C=O) groups excluding carboxylic acids is 1. The van der Waals surface area contributed by atoms with Gasteiger partial charge in [0.2, 0.25) is 0 Å². The Labute approximate surface area is 163 Å². The topological polar surface area (TPSA) is 75.6 Å². The normalized spacial score (nSPS) is 11.7. The summed E-state index contributed by atoms with van der Waals surface area (Å²) in [5, 5.41) is 3.98. The van der Waals surface area contributed by atoms with E-state index < -0.39 is 0 Å². The van der Waals surface area contributed by atoms with E-state index in [1.165, 1.54) is 5.56 Å². The monoisotopic (exact) mass is 373 g/mol. The van der Waals surface area contributed by atoms with Gasteiger partial charge in [-0.25, -0.2) is 9.97 Å². The SMILES string of the molecule is CC(C)(C)c1ccc2cc(C(=O)NCc3ccc(-n4ccnc4)nc3)[nH]c2c1. The van der Waals surface area contributed by atoms with Crippen molar-refractivity contribution in [2.45, 2.75) is 32.7 Å². The first kappa shape index (κ1) is 18.0. The number of nitrogens with one attached hydrogen (secondary N) is 2. The number of hydrogen-bond acceptors (Lipinski definition) is 3. The van der Waals surface area contributed by atoms with Crippen LogP contribution in [0.1, 0.15) is 42.4 Å². The Balaban J connectivity index is 1.45. The van der Waals surface area contributed by atoms with E-state index in [-0.39, 0.29) is 11.3 Å². The number of carbonyl (C=O) groups is 1. The second kappa shape index (κ2) is 6.96. The van der Waals surface area contributed by atoms with Gasteiger partial charge in [0.05, 0.1) is 0 Å². The van der Waals surface area contributed by atoms with Crippen molar-refractivity contribution in [3.05, 3.63) is 78.1 Å². The number of nitrogens with zero attached hydrogens (tertiary/aromatic N) is 3. The Kier molecular flexibility index (Phi) is 4.47. The number of aromatic amines is 1. The number of hydrogen-bond donors (Lipinski definition) is 2. The predicted molar refractivity (Wildman–Crippen MR) is 110 cm³/mol. The third kappa shape index (κ3) is 3.67. The maximum Gasteiger partial charge on any atom is 0.267 e. The minimum atomic E-state index is -0.132. The molecule has 0 aliphatic carbocycles. The highest BCUT2D eigenvalue weighted by Gasteiger charge is 2.15. The second-order valence-electron chi connectivity index (χ2n) is 7.91. The first-order valence-electron chi connectivity index (χ1n) is 9.25. The quantitative estimate of drug-likeness (QED) is 0.568. The van der Waals surface area contributed by atoms with Gasteiger partial charge in [-0.15, -0.1) is 0 Å². The Morgan fingerprint density at radius 1 is 1.18 bits per heavy atom. The van der Waals surface area contributed by atoms with Crippen LogP contribution in [0, 0.1) is 0 Å². The van der Waals surface area contributed by atoms with Crippen LogP contribution in [0.4, 0.5) is 0 Å². The molecule has 3 aromatic heterocycles. The smallest absolute Gasteiger partial charge is 0.267 e. The molecule has 0 aliphatic rings. The number of benzene rings is 1. The van der Waals surface area contributed by atoms with E-state index in [1.54, 1.807) is 18.7 Å². The molecule has 0 spiro atoms. The molecule has 6 nitrogen and oxygen atoms in total. The highest BCUT2D eigenvalue weighted by Crippen LogP contribution is 2.26. The predicted octanol–water partition coefficient (Wildman–Crippen LogP) is 3.98. The molecule has 4 aromatic rings. The minimum absolute atomic E-state index is 0.0671. The van der Waals surface area contributed by atoms with Crippen LogP contribution >= 0.6 is 0 Å². The highest BCUT2D eigenvalue weighted by atomic mass is 16.1. The summed E-state index contributed by atoms with van der Waals surface area (Å²) in [7, 11) is 0. The molecule has 4 rings (SSSR count). The van der Waals surface area contributed by atoms with Crippen LogP contribution in [-0.4, -0.2) is 25.4 Å². The van der Waals surface area contributed by atoms with Crippen LogP contribution in [0.5, 0.6) is 0 Å². The third-order valence-corrected chi connectivity index (χ3v) is 4.76. The molecule has 0 aliphatic heterocycles. The molecule has 2 N–H and O–H groups in total. The van der Waals surface area contributed by atoms with Crippen molar-refractivity contribution in [2.24, 2.45) is 0 Å². The summed E-state index contributed by atoms with van der Waals surface area (Å²) in [6.45, 7) is 6.95. The van der Waals surface area contributed by atoms with Gasteiger partial charge in [-0.1, -0.05) is 39.0 Å². The van der Waals surface area contributed by atoms with Crippen molar-refractivity contribution in [3.8, 4) is 5.82 Å². The van der Waals surface area contributed by atoms with Crippen molar-refractivity contribution >= 4 is 16.8 Å².